The fraction of sp³-hybridized carbons (Fsp3) is 0.938. The van der Waals surface area contributed by atoms with Gasteiger partial charge in [0.05, 0.1) is 25.8 Å². The maximum Gasteiger partial charge on any atom is 0.337 e. The van der Waals surface area contributed by atoms with E-state index in [1.165, 1.54) is 7.11 Å². The van der Waals surface area contributed by atoms with Crippen LogP contribution in [0.5, 0.6) is 0 Å². The SMILES string of the molecule is COC(=O)[C@@H]1C[C@H]2[C@H]3OC(C)(C)O[C@H]3[C@H]([C@H]3COC(C)(C)O3)N2O1. The van der Waals surface area contributed by atoms with Crippen LogP contribution in [0.15, 0.2) is 0 Å². The van der Waals surface area contributed by atoms with Gasteiger partial charge in [-0.3, -0.25) is 4.84 Å². The molecule has 0 saturated carbocycles. The van der Waals surface area contributed by atoms with Gasteiger partial charge in [-0.25, -0.2) is 4.79 Å². The summed E-state index contributed by atoms with van der Waals surface area (Å²) in [6, 6.07) is -0.267. The minimum absolute atomic E-state index is 0.0711. The molecule has 0 spiro atoms. The molecule has 8 nitrogen and oxygen atoms in total. The number of fused-ring (bicyclic) bond motifs is 3. The van der Waals surface area contributed by atoms with Gasteiger partial charge in [-0.15, -0.1) is 0 Å². The Balaban J connectivity index is 1.60. The molecule has 0 aromatic rings. The Morgan fingerprint density at radius 2 is 1.79 bits per heavy atom. The summed E-state index contributed by atoms with van der Waals surface area (Å²) in [6.45, 7) is 8.01. The second kappa shape index (κ2) is 5.36. The lowest BCUT2D eigenvalue weighted by molar-refractivity contribution is -0.244. The number of methoxy groups -OCH3 is 1. The van der Waals surface area contributed by atoms with Crippen LogP contribution in [-0.2, 0) is 33.3 Å². The Kier molecular flexibility index (Phi) is 3.73. The highest BCUT2D eigenvalue weighted by molar-refractivity contribution is 5.74. The van der Waals surface area contributed by atoms with E-state index in [2.05, 4.69) is 0 Å². The van der Waals surface area contributed by atoms with Gasteiger partial charge in [-0.1, -0.05) is 0 Å². The van der Waals surface area contributed by atoms with Crippen molar-refractivity contribution in [2.24, 2.45) is 0 Å². The number of carbonyl (C=O) groups excluding carboxylic acids is 1. The average molecular weight is 343 g/mol. The number of ether oxygens (including phenoxy) is 5. The fourth-order valence-corrected chi connectivity index (χ4v) is 4.22. The largest absolute Gasteiger partial charge is 0.467 e. The van der Waals surface area contributed by atoms with Crippen molar-refractivity contribution < 1.29 is 33.3 Å². The predicted octanol–water partition coefficient (Wildman–Crippen LogP) is 0.588. The third kappa shape index (κ3) is 2.56. The molecule has 0 aliphatic carbocycles. The molecule has 4 fully saturated rings. The lowest BCUT2D eigenvalue weighted by Gasteiger charge is -2.32. The lowest BCUT2D eigenvalue weighted by Crippen LogP contribution is -2.48. The van der Waals surface area contributed by atoms with Gasteiger partial charge >= 0.3 is 5.97 Å². The van der Waals surface area contributed by atoms with E-state index in [0.717, 1.165) is 0 Å². The normalized spacial score (nSPS) is 46.0. The first-order valence-corrected chi connectivity index (χ1v) is 8.41. The van der Waals surface area contributed by atoms with E-state index in [4.69, 9.17) is 28.5 Å². The topological polar surface area (TPSA) is 75.7 Å². The number of esters is 1. The van der Waals surface area contributed by atoms with Crippen molar-refractivity contribution in [2.45, 2.75) is 82.2 Å². The molecule has 24 heavy (non-hydrogen) atoms. The third-order valence-corrected chi connectivity index (χ3v) is 5.08. The summed E-state index contributed by atoms with van der Waals surface area (Å²) in [7, 11) is 1.37. The zero-order chi connectivity index (χ0) is 17.3. The summed E-state index contributed by atoms with van der Waals surface area (Å²) in [6.07, 6.45) is -0.684. The molecule has 0 bridgehead atoms. The Hall–Kier alpha value is -0.770. The summed E-state index contributed by atoms with van der Waals surface area (Å²) in [5, 5.41) is 1.82. The lowest BCUT2D eigenvalue weighted by atomic mass is 10.0. The quantitative estimate of drug-likeness (QED) is 0.674. The summed E-state index contributed by atoms with van der Waals surface area (Å²) in [5.74, 6) is -1.69. The summed E-state index contributed by atoms with van der Waals surface area (Å²) >= 11 is 0. The molecule has 0 unspecified atom stereocenters. The highest BCUT2D eigenvalue weighted by atomic mass is 16.8. The number of hydrogen-bond donors (Lipinski definition) is 0. The van der Waals surface area contributed by atoms with Crippen LogP contribution in [0, 0.1) is 0 Å². The van der Waals surface area contributed by atoms with Crippen LogP contribution in [0.3, 0.4) is 0 Å². The minimum Gasteiger partial charge on any atom is -0.467 e. The van der Waals surface area contributed by atoms with Crippen molar-refractivity contribution >= 4 is 5.97 Å². The molecule has 4 aliphatic heterocycles. The standard InChI is InChI=1S/C16H25NO7/c1-15(2)20-7-10(21-15)11-13-12(22-16(3,4)23-13)8-6-9(14(18)19-5)24-17(8)11/h8-13H,6-7H2,1-5H3/t8-,9-,10+,11-,12+,13-/m0/s1. The van der Waals surface area contributed by atoms with E-state index in [-0.39, 0.29) is 36.4 Å². The molecule has 0 radical (unpaired) electrons. The van der Waals surface area contributed by atoms with Crippen LogP contribution in [0.4, 0.5) is 0 Å². The zero-order valence-corrected chi connectivity index (χ0v) is 14.7. The van der Waals surface area contributed by atoms with Gasteiger partial charge in [0, 0.05) is 6.42 Å². The van der Waals surface area contributed by atoms with E-state index < -0.39 is 17.7 Å². The van der Waals surface area contributed by atoms with Gasteiger partial charge in [0.1, 0.15) is 18.3 Å². The van der Waals surface area contributed by atoms with Crippen LogP contribution in [-0.4, -0.2) is 72.8 Å². The first-order valence-electron chi connectivity index (χ1n) is 8.41. The minimum atomic E-state index is -0.669. The smallest absolute Gasteiger partial charge is 0.337 e. The average Bonchev–Trinajstić information content (AvgIpc) is 3.18. The van der Waals surface area contributed by atoms with E-state index in [9.17, 15) is 4.79 Å². The van der Waals surface area contributed by atoms with Crippen LogP contribution in [0.1, 0.15) is 34.1 Å². The first kappa shape index (κ1) is 16.7. The van der Waals surface area contributed by atoms with Crippen molar-refractivity contribution in [2.75, 3.05) is 13.7 Å². The Morgan fingerprint density at radius 1 is 1.08 bits per heavy atom. The second-order valence-electron chi connectivity index (χ2n) is 7.70. The molecule has 4 heterocycles. The molecule has 136 valence electrons. The zero-order valence-electron chi connectivity index (χ0n) is 14.7. The number of rotatable bonds is 2. The van der Waals surface area contributed by atoms with Crippen molar-refractivity contribution in [1.82, 2.24) is 5.06 Å². The van der Waals surface area contributed by atoms with Gasteiger partial charge < -0.3 is 23.7 Å². The summed E-state index contributed by atoms with van der Waals surface area (Å²) < 4.78 is 28.8. The number of carbonyl (C=O) groups is 1. The van der Waals surface area contributed by atoms with Crippen LogP contribution < -0.4 is 0 Å². The van der Waals surface area contributed by atoms with Crippen LogP contribution >= 0.6 is 0 Å². The van der Waals surface area contributed by atoms with Gasteiger partial charge in [0.2, 0.25) is 0 Å². The molecular weight excluding hydrogens is 318 g/mol. The highest BCUT2D eigenvalue weighted by Gasteiger charge is 2.65. The van der Waals surface area contributed by atoms with Crippen molar-refractivity contribution in [3.05, 3.63) is 0 Å². The molecule has 4 aliphatic rings. The maximum atomic E-state index is 11.9. The van der Waals surface area contributed by atoms with Gasteiger partial charge in [-0.05, 0) is 27.7 Å². The van der Waals surface area contributed by atoms with Gasteiger partial charge in [0.15, 0.2) is 17.7 Å². The van der Waals surface area contributed by atoms with Gasteiger partial charge in [0.25, 0.3) is 0 Å². The second-order valence-corrected chi connectivity index (χ2v) is 7.70. The predicted molar refractivity (Wildman–Crippen MR) is 79.7 cm³/mol. The van der Waals surface area contributed by atoms with E-state index in [0.29, 0.717) is 13.0 Å². The van der Waals surface area contributed by atoms with E-state index >= 15 is 0 Å². The Labute approximate surface area is 141 Å². The van der Waals surface area contributed by atoms with Crippen molar-refractivity contribution in [3.8, 4) is 0 Å². The third-order valence-electron chi connectivity index (χ3n) is 5.08. The molecule has 4 saturated heterocycles. The van der Waals surface area contributed by atoms with Gasteiger partial charge in [-0.2, -0.15) is 5.06 Å². The number of hydroxylamine groups is 2. The molecule has 0 aromatic heterocycles. The monoisotopic (exact) mass is 343 g/mol. The van der Waals surface area contributed by atoms with Crippen molar-refractivity contribution in [3.63, 3.8) is 0 Å². The molecule has 4 rings (SSSR count). The molecule has 0 N–H and O–H groups in total. The van der Waals surface area contributed by atoms with Crippen LogP contribution in [0.2, 0.25) is 0 Å². The van der Waals surface area contributed by atoms with Crippen LogP contribution in [0.25, 0.3) is 0 Å². The molecule has 6 atom stereocenters. The van der Waals surface area contributed by atoms with E-state index in [1.807, 2.05) is 32.8 Å². The fourth-order valence-electron chi connectivity index (χ4n) is 4.22. The van der Waals surface area contributed by atoms with Crippen molar-refractivity contribution in [1.29, 1.82) is 0 Å². The molecule has 0 amide bonds. The molecular formula is C16H25NO7. The Morgan fingerprint density at radius 3 is 2.42 bits per heavy atom. The maximum absolute atomic E-state index is 11.9. The highest BCUT2D eigenvalue weighted by Crippen LogP contribution is 2.47. The molecule has 8 heteroatoms. The summed E-state index contributed by atoms with van der Waals surface area (Å²) in [5.41, 5.74) is 0. The summed E-state index contributed by atoms with van der Waals surface area (Å²) in [4.78, 5) is 17.8. The first-order chi connectivity index (χ1) is 11.2. The molecule has 0 aromatic carbocycles. The van der Waals surface area contributed by atoms with E-state index in [1.54, 1.807) is 0 Å². The number of hydrogen-bond acceptors (Lipinski definition) is 8. The Bertz CT molecular complexity index is 537. The number of nitrogens with zero attached hydrogens (tertiary/aromatic N) is 1.